The number of rotatable bonds is 3. The predicted octanol–water partition coefficient (Wildman–Crippen LogP) is 0.430. The quantitative estimate of drug-likeness (QED) is 0.746. The van der Waals surface area contributed by atoms with Gasteiger partial charge in [0.15, 0.2) is 0 Å². The third-order valence-electron chi connectivity index (χ3n) is 3.21. The van der Waals surface area contributed by atoms with E-state index in [1.165, 1.54) is 0 Å². The second-order valence-corrected chi connectivity index (χ2v) is 7.67. The standard InChI is InChI=1S/C11H24N2O3Si/c1-10-8-13-5-6-14-17(15-10,7-3-4-12)16-11(2)9-13/h10-11H,3-9,12H2,1-2H3. The van der Waals surface area contributed by atoms with Crippen LogP contribution in [0.15, 0.2) is 0 Å². The fraction of sp³-hybridized carbons (Fsp3) is 1.00. The molecule has 0 saturated carbocycles. The van der Waals surface area contributed by atoms with Gasteiger partial charge in [0.05, 0.1) is 18.8 Å². The van der Waals surface area contributed by atoms with Gasteiger partial charge >= 0.3 is 8.80 Å². The summed E-state index contributed by atoms with van der Waals surface area (Å²) in [6.45, 7) is 8.54. The van der Waals surface area contributed by atoms with Crippen molar-refractivity contribution in [1.82, 2.24) is 4.90 Å². The number of fused-ring (bicyclic) bond motifs is 6. The minimum absolute atomic E-state index is 0.187. The zero-order valence-corrected chi connectivity index (χ0v) is 11.9. The van der Waals surface area contributed by atoms with Crippen LogP contribution in [-0.4, -0.2) is 58.7 Å². The summed E-state index contributed by atoms with van der Waals surface area (Å²) in [5.41, 5.74) is 5.60. The third-order valence-corrected chi connectivity index (χ3v) is 6.34. The van der Waals surface area contributed by atoms with E-state index in [4.69, 9.17) is 19.0 Å². The van der Waals surface area contributed by atoms with Crippen molar-refractivity contribution < 1.29 is 13.3 Å². The van der Waals surface area contributed by atoms with Gasteiger partial charge in [-0.25, -0.2) is 0 Å². The van der Waals surface area contributed by atoms with Gasteiger partial charge in [0.25, 0.3) is 0 Å². The first kappa shape index (κ1) is 13.4. The van der Waals surface area contributed by atoms with Crippen molar-refractivity contribution in [1.29, 1.82) is 0 Å². The van der Waals surface area contributed by atoms with Crippen molar-refractivity contribution in [2.75, 3.05) is 32.8 Å². The molecule has 2 unspecified atom stereocenters. The lowest BCUT2D eigenvalue weighted by Crippen LogP contribution is -2.59. The van der Waals surface area contributed by atoms with Crippen LogP contribution in [0.3, 0.4) is 0 Å². The maximum atomic E-state index is 6.12. The summed E-state index contributed by atoms with van der Waals surface area (Å²) in [7, 11) is -2.48. The Morgan fingerprint density at radius 3 is 2.47 bits per heavy atom. The molecule has 3 aliphatic heterocycles. The van der Waals surface area contributed by atoms with Crippen LogP contribution < -0.4 is 5.73 Å². The Labute approximate surface area is 105 Å². The Balaban J connectivity index is 2.12. The highest BCUT2D eigenvalue weighted by Gasteiger charge is 2.46. The average molecular weight is 260 g/mol. The minimum atomic E-state index is -2.48. The highest BCUT2D eigenvalue weighted by molar-refractivity contribution is 6.60. The second-order valence-electron chi connectivity index (χ2n) is 5.04. The van der Waals surface area contributed by atoms with Crippen LogP contribution in [0.25, 0.3) is 0 Å². The predicted molar refractivity (Wildman–Crippen MR) is 67.7 cm³/mol. The first-order valence-corrected chi connectivity index (χ1v) is 8.49. The van der Waals surface area contributed by atoms with Gasteiger partial charge in [-0.3, -0.25) is 4.90 Å². The highest BCUT2D eigenvalue weighted by atomic mass is 28.4. The van der Waals surface area contributed by atoms with Crippen LogP contribution in [0.4, 0.5) is 0 Å². The molecule has 2 N–H and O–H groups in total. The number of hydrogen-bond donors (Lipinski definition) is 1. The third kappa shape index (κ3) is 3.49. The van der Waals surface area contributed by atoms with E-state index in [1.54, 1.807) is 0 Å². The van der Waals surface area contributed by atoms with E-state index in [0.717, 1.165) is 38.7 Å². The lowest BCUT2D eigenvalue weighted by Gasteiger charge is -2.43. The van der Waals surface area contributed by atoms with Gasteiger partial charge < -0.3 is 19.0 Å². The molecule has 0 spiro atoms. The van der Waals surface area contributed by atoms with Gasteiger partial charge in [-0.05, 0) is 26.8 Å². The van der Waals surface area contributed by atoms with E-state index in [9.17, 15) is 0 Å². The van der Waals surface area contributed by atoms with Gasteiger partial charge in [0.1, 0.15) is 0 Å². The van der Waals surface area contributed by atoms with E-state index in [2.05, 4.69) is 18.7 Å². The SMILES string of the molecule is CC1CN2CCO[Si](CCCN)(O1)OC(C)C2. The summed E-state index contributed by atoms with van der Waals surface area (Å²) in [6.07, 6.45) is 1.29. The summed E-state index contributed by atoms with van der Waals surface area (Å²) in [5, 5.41) is 0. The maximum absolute atomic E-state index is 6.12. The zero-order chi connectivity index (χ0) is 12.3. The first-order chi connectivity index (χ1) is 8.13. The molecule has 3 rings (SSSR count). The number of nitrogens with zero attached hydrogens (tertiary/aromatic N) is 1. The molecule has 0 aromatic heterocycles. The monoisotopic (exact) mass is 260 g/mol. The lowest BCUT2D eigenvalue weighted by atomic mass is 10.3. The Hall–Kier alpha value is 0.0169. The molecule has 3 aliphatic rings. The van der Waals surface area contributed by atoms with E-state index in [1.807, 2.05) is 0 Å². The molecule has 0 radical (unpaired) electrons. The van der Waals surface area contributed by atoms with E-state index in [-0.39, 0.29) is 12.2 Å². The van der Waals surface area contributed by atoms with Gasteiger partial charge in [0.2, 0.25) is 0 Å². The molecule has 6 heteroatoms. The summed E-state index contributed by atoms with van der Waals surface area (Å²) >= 11 is 0. The zero-order valence-electron chi connectivity index (χ0n) is 10.9. The van der Waals surface area contributed by atoms with E-state index in [0.29, 0.717) is 6.54 Å². The van der Waals surface area contributed by atoms with Crippen LogP contribution in [0.5, 0.6) is 0 Å². The summed E-state index contributed by atoms with van der Waals surface area (Å²) in [6, 6.07) is 0.845. The fourth-order valence-corrected chi connectivity index (χ4v) is 5.59. The molecular weight excluding hydrogens is 236 g/mol. The Kier molecular flexibility index (Phi) is 4.57. The van der Waals surface area contributed by atoms with Gasteiger partial charge in [-0.1, -0.05) is 0 Å². The largest absolute Gasteiger partial charge is 0.501 e. The smallest absolute Gasteiger partial charge is 0.372 e. The topological polar surface area (TPSA) is 57.0 Å². The number of nitrogens with two attached hydrogens (primary N) is 1. The lowest BCUT2D eigenvalue weighted by molar-refractivity contribution is -0.0587. The van der Waals surface area contributed by atoms with Gasteiger partial charge in [0, 0.05) is 25.7 Å². The molecule has 5 nitrogen and oxygen atoms in total. The molecule has 0 aromatic carbocycles. The first-order valence-electron chi connectivity index (χ1n) is 6.55. The maximum Gasteiger partial charge on any atom is 0.501 e. The molecule has 2 bridgehead atoms. The highest BCUT2D eigenvalue weighted by Crippen LogP contribution is 2.26. The summed E-state index contributed by atoms with van der Waals surface area (Å²) in [5.74, 6) is 0. The molecule has 0 amide bonds. The molecule has 3 heterocycles. The second kappa shape index (κ2) is 5.77. The molecule has 3 fully saturated rings. The van der Waals surface area contributed by atoms with Crippen molar-refractivity contribution in [2.45, 2.75) is 38.5 Å². The molecule has 17 heavy (non-hydrogen) atoms. The van der Waals surface area contributed by atoms with Crippen molar-refractivity contribution in [3.8, 4) is 0 Å². The molecular formula is C11H24N2O3Si. The van der Waals surface area contributed by atoms with Crippen molar-refractivity contribution >= 4 is 8.80 Å². The van der Waals surface area contributed by atoms with Crippen molar-refractivity contribution in [3.05, 3.63) is 0 Å². The van der Waals surface area contributed by atoms with E-state index < -0.39 is 8.80 Å². The van der Waals surface area contributed by atoms with Crippen LogP contribution in [0.1, 0.15) is 20.3 Å². The summed E-state index contributed by atoms with van der Waals surface area (Å²) < 4.78 is 18.2. The van der Waals surface area contributed by atoms with Crippen LogP contribution in [-0.2, 0) is 13.3 Å². The normalized spacial score (nSPS) is 42.9. The Morgan fingerprint density at radius 1 is 1.24 bits per heavy atom. The Bertz CT molecular complexity index is 237. The molecule has 2 atom stereocenters. The molecule has 3 saturated heterocycles. The summed E-state index contributed by atoms with van der Waals surface area (Å²) in [4.78, 5) is 2.36. The van der Waals surface area contributed by atoms with Crippen LogP contribution in [0, 0.1) is 0 Å². The minimum Gasteiger partial charge on any atom is -0.372 e. The average Bonchev–Trinajstić information content (AvgIpc) is 2.20. The molecule has 0 aliphatic carbocycles. The van der Waals surface area contributed by atoms with E-state index >= 15 is 0 Å². The fourth-order valence-electron chi connectivity index (χ4n) is 2.61. The van der Waals surface area contributed by atoms with Gasteiger partial charge in [-0.15, -0.1) is 0 Å². The number of hydrogen-bond acceptors (Lipinski definition) is 5. The van der Waals surface area contributed by atoms with Gasteiger partial charge in [-0.2, -0.15) is 0 Å². The van der Waals surface area contributed by atoms with Crippen LogP contribution >= 0.6 is 0 Å². The Morgan fingerprint density at radius 2 is 1.88 bits per heavy atom. The molecule has 0 aromatic rings. The molecule has 100 valence electrons. The van der Waals surface area contributed by atoms with Crippen molar-refractivity contribution in [3.63, 3.8) is 0 Å². The van der Waals surface area contributed by atoms with Crippen molar-refractivity contribution in [2.24, 2.45) is 5.73 Å². The van der Waals surface area contributed by atoms with Crippen LogP contribution in [0.2, 0.25) is 6.04 Å².